The minimum Gasteiger partial charge on any atom is -0.453 e. The molecule has 2 aromatic carbocycles. The average Bonchev–Trinajstić information content (AvgIpc) is 4.14. The fraction of sp³-hybridized carbons (Fsp3) is 0.500. The van der Waals surface area contributed by atoms with E-state index in [-0.39, 0.29) is 53.6 Å². The lowest BCUT2D eigenvalue weighted by atomic mass is 9.93. The number of nitrogens with one attached hydrogen (secondary N) is 4. The lowest BCUT2D eigenvalue weighted by Gasteiger charge is -2.45. The number of aromatic nitrogens is 3. The van der Waals surface area contributed by atoms with Crippen molar-refractivity contribution >= 4 is 47.3 Å². The quantitative estimate of drug-likeness (QED) is 0.119. The van der Waals surface area contributed by atoms with Crippen LogP contribution >= 0.6 is 0 Å². The van der Waals surface area contributed by atoms with Gasteiger partial charge in [-0.25, -0.2) is 19.6 Å². The van der Waals surface area contributed by atoms with Gasteiger partial charge in [0.05, 0.1) is 44.0 Å². The van der Waals surface area contributed by atoms with Crippen molar-refractivity contribution in [3.63, 3.8) is 0 Å². The number of amides is 6. The van der Waals surface area contributed by atoms with E-state index in [9.17, 15) is 28.8 Å². The number of hydrogen-bond donors (Lipinski definition) is 4. The number of pyridine rings is 1. The molecule has 7 rings (SSSR count). The van der Waals surface area contributed by atoms with Gasteiger partial charge in [-0.2, -0.15) is 0 Å². The number of ether oxygens (including phenoxy) is 2. The SMILES string of the molecule is COC(=O)NC(C(=O)N1CC(N(C)C)CC1c1ncc(-c2ccc(-c3ccc(C(=O)Nc4ccc(N5CCN(C(=O)C6(C)CCCN6C(=O)C(NC(=O)OC)C(C)C)CC5C)nc4)cc3)cc2)[nH]1)C(C)C. The molecule has 6 atom stereocenters. The number of H-pyrrole nitrogens is 1. The second kappa shape index (κ2) is 22.0. The van der Waals surface area contributed by atoms with E-state index in [1.165, 1.54) is 14.2 Å². The molecule has 0 aliphatic carbocycles. The van der Waals surface area contributed by atoms with Crippen LogP contribution in [0.25, 0.3) is 22.4 Å². The third kappa shape index (κ3) is 11.3. The first-order valence-corrected chi connectivity index (χ1v) is 24.4. The van der Waals surface area contributed by atoms with Gasteiger partial charge in [0.1, 0.15) is 29.3 Å². The molecular formula is C52H69N11O8. The molecule has 3 saturated heterocycles. The van der Waals surface area contributed by atoms with Gasteiger partial charge < -0.3 is 54.9 Å². The molecule has 4 N–H and O–H groups in total. The zero-order chi connectivity index (χ0) is 51.3. The summed E-state index contributed by atoms with van der Waals surface area (Å²) in [5, 5.41) is 8.32. The summed E-state index contributed by atoms with van der Waals surface area (Å²) in [6.45, 7) is 13.7. The highest BCUT2D eigenvalue weighted by Gasteiger charge is 2.50. The van der Waals surface area contributed by atoms with Crippen LogP contribution in [0.3, 0.4) is 0 Å². The van der Waals surface area contributed by atoms with E-state index in [2.05, 4.69) is 35.7 Å². The molecule has 0 radical (unpaired) electrons. The van der Waals surface area contributed by atoms with Gasteiger partial charge in [0, 0.05) is 50.4 Å². The second-order valence-corrected chi connectivity index (χ2v) is 19.9. The molecule has 19 heteroatoms. The second-order valence-electron chi connectivity index (χ2n) is 19.9. The summed E-state index contributed by atoms with van der Waals surface area (Å²) in [6.07, 6.45) is 3.97. The Labute approximate surface area is 416 Å². The van der Waals surface area contributed by atoms with Gasteiger partial charge in [-0.05, 0) is 100.0 Å². The van der Waals surface area contributed by atoms with Gasteiger partial charge in [-0.3, -0.25) is 19.2 Å². The Hall–Kier alpha value is -7.02. The molecule has 3 aliphatic heterocycles. The van der Waals surface area contributed by atoms with E-state index in [1.54, 1.807) is 29.4 Å². The van der Waals surface area contributed by atoms with Crippen LogP contribution < -0.4 is 20.9 Å². The monoisotopic (exact) mass is 976 g/mol. The molecule has 5 heterocycles. The van der Waals surface area contributed by atoms with Crippen molar-refractivity contribution in [2.75, 3.05) is 71.3 Å². The van der Waals surface area contributed by atoms with Crippen molar-refractivity contribution in [1.82, 2.24) is 45.2 Å². The minimum absolute atomic E-state index is 0.0711. The number of rotatable bonds is 14. The maximum absolute atomic E-state index is 14.2. The molecule has 2 aromatic heterocycles. The van der Waals surface area contributed by atoms with Gasteiger partial charge in [0.2, 0.25) is 17.7 Å². The largest absolute Gasteiger partial charge is 0.453 e. The van der Waals surface area contributed by atoms with Crippen molar-refractivity contribution in [2.45, 2.75) is 96.6 Å². The number of piperazine rings is 1. The van der Waals surface area contributed by atoms with E-state index in [1.807, 2.05) is 114 Å². The van der Waals surface area contributed by atoms with E-state index in [0.29, 0.717) is 69.1 Å². The molecule has 3 fully saturated rings. The Morgan fingerprint density at radius 2 is 1.37 bits per heavy atom. The first kappa shape index (κ1) is 51.8. The maximum Gasteiger partial charge on any atom is 0.407 e. The highest BCUT2D eigenvalue weighted by molar-refractivity contribution is 6.04. The lowest BCUT2D eigenvalue weighted by molar-refractivity contribution is -0.152. The van der Waals surface area contributed by atoms with Gasteiger partial charge in [0.25, 0.3) is 5.91 Å². The Balaban J connectivity index is 0.932. The molecule has 71 heavy (non-hydrogen) atoms. The summed E-state index contributed by atoms with van der Waals surface area (Å²) in [6, 6.07) is 17.3. The number of hydrogen-bond acceptors (Lipinski definition) is 12. The number of methoxy groups -OCH3 is 2. The molecule has 0 saturated carbocycles. The van der Waals surface area contributed by atoms with Crippen molar-refractivity contribution in [1.29, 1.82) is 0 Å². The first-order chi connectivity index (χ1) is 33.8. The molecular weight excluding hydrogens is 907 g/mol. The number of carbonyl (C=O) groups is 6. The number of nitrogens with zero attached hydrogens (tertiary/aromatic N) is 7. The predicted molar refractivity (Wildman–Crippen MR) is 269 cm³/mol. The van der Waals surface area contributed by atoms with Crippen LogP contribution in [0, 0.1) is 11.8 Å². The van der Waals surface area contributed by atoms with E-state index < -0.39 is 29.8 Å². The molecule has 0 spiro atoms. The molecule has 6 amide bonds. The summed E-state index contributed by atoms with van der Waals surface area (Å²) >= 11 is 0. The molecule has 19 nitrogen and oxygen atoms in total. The summed E-state index contributed by atoms with van der Waals surface area (Å²) in [7, 11) is 6.52. The number of anilines is 2. The molecule has 380 valence electrons. The fourth-order valence-corrected chi connectivity index (χ4v) is 9.94. The standard InChI is InChI=1S/C52H69N11O8/c1-31(2)43(57-50(68)70-9)47(65)62-30-39(59(7)8)26-41(62)45-54-28-40(56-45)36-16-12-34(13-17-36)35-14-18-37(19-15-35)46(64)55-38-20-21-42(53-27-38)61-25-24-60(29-33(61)5)49(67)52(6)22-11-23-63(52)48(66)44(32(3)4)58-51(69)71-10/h12-21,27-28,31-33,39,41,43-44H,11,22-26,29-30H2,1-10H3,(H,54,56)(H,55,64)(H,57,68)(H,58,69). The normalized spacial score (nSPS) is 21.1. The predicted octanol–water partition coefficient (Wildman–Crippen LogP) is 5.77. The summed E-state index contributed by atoms with van der Waals surface area (Å²) < 4.78 is 9.57. The summed E-state index contributed by atoms with van der Waals surface area (Å²) in [4.78, 5) is 102. The van der Waals surface area contributed by atoms with Crippen LogP contribution in [0.1, 0.15) is 83.0 Å². The number of benzene rings is 2. The van der Waals surface area contributed by atoms with Crippen LogP contribution in [0.2, 0.25) is 0 Å². The smallest absolute Gasteiger partial charge is 0.407 e. The van der Waals surface area contributed by atoms with E-state index in [0.717, 1.165) is 28.2 Å². The average molecular weight is 976 g/mol. The number of alkyl carbamates (subject to hydrolysis) is 2. The lowest BCUT2D eigenvalue weighted by Crippen LogP contribution is -2.64. The molecule has 4 aromatic rings. The van der Waals surface area contributed by atoms with E-state index in [4.69, 9.17) is 14.5 Å². The maximum atomic E-state index is 14.2. The van der Waals surface area contributed by atoms with Gasteiger partial charge in [0.15, 0.2) is 0 Å². The number of likely N-dealkylation sites (N-methyl/N-ethyl adjacent to an activating group) is 1. The summed E-state index contributed by atoms with van der Waals surface area (Å²) in [5.74, 6) is 0.190. The zero-order valence-electron chi connectivity index (χ0n) is 42.5. The Morgan fingerprint density at radius 1 is 0.761 bits per heavy atom. The van der Waals surface area contributed by atoms with Crippen molar-refractivity contribution in [3.8, 4) is 22.4 Å². The zero-order valence-corrected chi connectivity index (χ0v) is 42.5. The Kier molecular flexibility index (Phi) is 16.0. The third-order valence-electron chi connectivity index (χ3n) is 14.2. The van der Waals surface area contributed by atoms with Crippen molar-refractivity contribution in [3.05, 3.63) is 84.4 Å². The highest BCUT2D eigenvalue weighted by Crippen LogP contribution is 2.36. The van der Waals surface area contributed by atoms with Crippen molar-refractivity contribution < 1.29 is 38.2 Å². The Bertz CT molecular complexity index is 2550. The third-order valence-corrected chi connectivity index (χ3v) is 14.2. The number of imidazole rings is 1. The highest BCUT2D eigenvalue weighted by atomic mass is 16.5. The van der Waals surface area contributed by atoms with Crippen LogP contribution in [-0.2, 0) is 23.9 Å². The topological polar surface area (TPSA) is 215 Å². The summed E-state index contributed by atoms with van der Waals surface area (Å²) in [5.41, 5.74) is 3.63. The number of aromatic amines is 1. The van der Waals surface area contributed by atoms with Crippen LogP contribution in [-0.4, -0.2) is 161 Å². The number of carbonyl (C=O) groups excluding carboxylic acids is 6. The molecule has 3 aliphatic rings. The van der Waals surface area contributed by atoms with Crippen LogP contribution in [0.4, 0.5) is 21.1 Å². The Morgan fingerprint density at radius 3 is 1.93 bits per heavy atom. The van der Waals surface area contributed by atoms with Gasteiger partial charge >= 0.3 is 12.2 Å². The van der Waals surface area contributed by atoms with Crippen LogP contribution in [0.15, 0.2) is 73.1 Å². The van der Waals surface area contributed by atoms with Gasteiger partial charge in [-0.15, -0.1) is 0 Å². The van der Waals surface area contributed by atoms with E-state index >= 15 is 0 Å². The molecule has 0 bridgehead atoms. The molecule has 6 unspecified atom stereocenters. The van der Waals surface area contributed by atoms with Crippen molar-refractivity contribution in [2.24, 2.45) is 11.8 Å². The van der Waals surface area contributed by atoms with Crippen LogP contribution in [0.5, 0.6) is 0 Å². The minimum atomic E-state index is -1.03. The fourth-order valence-electron chi connectivity index (χ4n) is 9.94. The van der Waals surface area contributed by atoms with Gasteiger partial charge in [-0.1, -0.05) is 64.1 Å². The number of likely N-dealkylation sites (tertiary alicyclic amines) is 2. The first-order valence-electron chi connectivity index (χ1n) is 24.4.